The van der Waals surface area contributed by atoms with Crippen LogP contribution in [0.1, 0.15) is 11.1 Å². The largest absolute Gasteiger partial charge is 0.312 e. The Morgan fingerprint density at radius 2 is 1.10 bits per heavy atom. The first kappa shape index (κ1) is 12.9. The van der Waals surface area contributed by atoms with E-state index in [4.69, 9.17) is 0 Å². The number of benzene rings is 3. The smallest absolute Gasteiger partial charge is 0.0208 e. The van der Waals surface area contributed by atoms with Crippen LogP contribution in [0, 0.1) is 0 Å². The number of hydrogen-bond donors (Lipinski definition) is 1. The maximum absolute atomic E-state index is 3.34. The fourth-order valence-corrected chi connectivity index (χ4v) is 2.55. The fraction of sp³-hybridized carbons (Fsp3) is 0.158. The predicted octanol–water partition coefficient (Wildman–Crippen LogP) is 4.17. The minimum absolute atomic E-state index is 1.05. The van der Waals surface area contributed by atoms with Gasteiger partial charge < -0.3 is 5.32 Å². The Hall–Kier alpha value is -2.12. The molecule has 0 aromatic heterocycles. The van der Waals surface area contributed by atoms with Crippen LogP contribution < -0.4 is 5.32 Å². The molecular weight excluding hydrogens is 242 g/mol. The molecule has 1 N–H and O–H groups in total. The Morgan fingerprint density at radius 3 is 1.65 bits per heavy atom. The van der Waals surface area contributed by atoms with Gasteiger partial charge in [-0.05, 0) is 34.9 Å². The summed E-state index contributed by atoms with van der Waals surface area (Å²) in [6, 6.07) is 25.3. The standard InChI is InChI=1S/C10H8.C9H11N/c1-2-6-10-8-4-3-7-9(10)5-1;1-2-4-9-7-10-6-5-8(9)3-1/h1-8H;1-4,10H,5-7H2. The Morgan fingerprint density at radius 1 is 0.600 bits per heavy atom. The third-order valence-electron chi connectivity index (χ3n) is 3.66. The van der Waals surface area contributed by atoms with Gasteiger partial charge in [-0.2, -0.15) is 0 Å². The lowest BCUT2D eigenvalue weighted by molar-refractivity contribution is 0.644. The van der Waals surface area contributed by atoms with Gasteiger partial charge in [0, 0.05) is 6.54 Å². The van der Waals surface area contributed by atoms with Crippen LogP contribution in [0.25, 0.3) is 10.8 Å². The second-order valence-electron chi connectivity index (χ2n) is 5.04. The molecular formula is C19H19N. The summed E-state index contributed by atoms with van der Waals surface area (Å²) in [4.78, 5) is 0. The van der Waals surface area contributed by atoms with Crippen LogP contribution in [0.4, 0.5) is 0 Å². The van der Waals surface area contributed by atoms with E-state index in [-0.39, 0.29) is 0 Å². The topological polar surface area (TPSA) is 12.0 Å². The van der Waals surface area contributed by atoms with Crippen molar-refractivity contribution in [2.75, 3.05) is 6.54 Å². The van der Waals surface area contributed by atoms with E-state index in [9.17, 15) is 0 Å². The SMILES string of the molecule is c1ccc2c(c1)CCNC2.c1ccc2ccccc2c1. The molecule has 1 aliphatic heterocycles. The molecule has 20 heavy (non-hydrogen) atoms. The maximum Gasteiger partial charge on any atom is 0.0208 e. The molecule has 1 heterocycles. The summed E-state index contributed by atoms with van der Waals surface area (Å²) in [7, 11) is 0. The van der Waals surface area contributed by atoms with Gasteiger partial charge in [-0.15, -0.1) is 0 Å². The molecule has 4 rings (SSSR count). The first-order chi connectivity index (χ1) is 9.93. The Bertz CT molecular complexity index is 597. The first-order valence-corrected chi connectivity index (χ1v) is 7.15. The molecule has 100 valence electrons. The number of rotatable bonds is 0. The predicted molar refractivity (Wildman–Crippen MR) is 85.8 cm³/mol. The molecule has 0 aliphatic carbocycles. The second kappa shape index (κ2) is 6.36. The van der Waals surface area contributed by atoms with Crippen molar-refractivity contribution in [3.8, 4) is 0 Å². The van der Waals surface area contributed by atoms with E-state index in [0.717, 1.165) is 13.1 Å². The van der Waals surface area contributed by atoms with Crippen LogP contribution in [-0.2, 0) is 13.0 Å². The average Bonchev–Trinajstić information content (AvgIpc) is 2.56. The van der Waals surface area contributed by atoms with Crippen molar-refractivity contribution < 1.29 is 0 Å². The van der Waals surface area contributed by atoms with Crippen molar-refractivity contribution in [1.82, 2.24) is 5.32 Å². The van der Waals surface area contributed by atoms with Gasteiger partial charge in [0.15, 0.2) is 0 Å². The van der Waals surface area contributed by atoms with Gasteiger partial charge in [0.2, 0.25) is 0 Å². The summed E-state index contributed by atoms with van der Waals surface area (Å²) in [6.45, 7) is 2.19. The molecule has 0 bridgehead atoms. The minimum atomic E-state index is 1.05. The number of hydrogen-bond acceptors (Lipinski definition) is 1. The van der Waals surface area contributed by atoms with Crippen molar-refractivity contribution >= 4 is 10.8 Å². The third kappa shape index (κ3) is 3.06. The zero-order chi connectivity index (χ0) is 13.6. The van der Waals surface area contributed by atoms with Gasteiger partial charge in [-0.1, -0.05) is 72.8 Å². The van der Waals surface area contributed by atoms with Gasteiger partial charge in [-0.3, -0.25) is 0 Å². The van der Waals surface area contributed by atoms with Crippen LogP contribution in [0.15, 0.2) is 72.8 Å². The lowest BCUT2D eigenvalue weighted by atomic mass is 10.0. The summed E-state index contributed by atoms with van der Waals surface area (Å²) >= 11 is 0. The molecule has 1 heteroatoms. The van der Waals surface area contributed by atoms with Gasteiger partial charge in [0.1, 0.15) is 0 Å². The van der Waals surface area contributed by atoms with Crippen LogP contribution in [0.5, 0.6) is 0 Å². The highest BCUT2D eigenvalue weighted by Crippen LogP contribution is 2.12. The number of fused-ring (bicyclic) bond motifs is 2. The van der Waals surface area contributed by atoms with E-state index in [1.54, 1.807) is 0 Å². The first-order valence-electron chi connectivity index (χ1n) is 7.15. The molecule has 3 aromatic carbocycles. The zero-order valence-corrected chi connectivity index (χ0v) is 11.5. The molecule has 0 atom stereocenters. The van der Waals surface area contributed by atoms with Crippen molar-refractivity contribution in [3.63, 3.8) is 0 Å². The summed E-state index contributed by atoms with van der Waals surface area (Å²) < 4.78 is 0. The Kier molecular flexibility index (Phi) is 4.10. The Labute approximate surface area is 120 Å². The third-order valence-corrected chi connectivity index (χ3v) is 3.66. The van der Waals surface area contributed by atoms with E-state index in [0.29, 0.717) is 0 Å². The molecule has 0 fully saturated rings. The lowest BCUT2D eigenvalue weighted by Crippen LogP contribution is -2.23. The molecule has 0 saturated carbocycles. The van der Waals surface area contributed by atoms with Crippen LogP contribution >= 0.6 is 0 Å². The average molecular weight is 261 g/mol. The van der Waals surface area contributed by atoms with Gasteiger partial charge >= 0.3 is 0 Å². The van der Waals surface area contributed by atoms with E-state index < -0.39 is 0 Å². The van der Waals surface area contributed by atoms with Crippen molar-refractivity contribution in [1.29, 1.82) is 0 Å². The van der Waals surface area contributed by atoms with Crippen LogP contribution in [-0.4, -0.2) is 6.54 Å². The molecule has 0 unspecified atom stereocenters. The monoisotopic (exact) mass is 261 g/mol. The molecule has 1 aliphatic rings. The van der Waals surface area contributed by atoms with Gasteiger partial charge in [0.05, 0.1) is 0 Å². The summed E-state index contributed by atoms with van der Waals surface area (Å²) in [5, 5.41) is 5.96. The normalized spacial score (nSPS) is 13.2. The summed E-state index contributed by atoms with van der Waals surface area (Å²) in [6.07, 6.45) is 1.19. The van der Waals surface area contributed by atoms with E-state index >= 15 is 0 Å². The molecule has 0 saturated heterocycles. The highest BCUT2D eigenvalue weighted by molar-refractivity contribution is 5.81. The van der Waals surface area contributed by atoms with Gasteiger partial charge in [-0.25, -0.2) is 0 Å². The highest BCUT2D eigenvalue weighted by Gasteiger charge is 2.05. The van der Waals surface area contributed by atoms with Gasteiger partial charge in [0.25, 0.3) is 0 Å². The number of nitrogens with one attached hydrogen (secondary N) is 1. The second-order valence-corrected chi connectivity index (χ2v) is 5.04. The summed E-state index contributed by atoms with van der Waals surface area (Å²) in [5.41, 5.74) is 2.98. The maximum atomic E-state index is 3.34. The van der Waals surface area contributed by atoms with E-state index in [1.807, 2.05) is 0 Å². The van der Waals surface area contributed by atoms with Crippen molar-refractivity contribution in [2.45, 2.75) is 13.0 Å². The molecule has 3 aromatic rings. The quantitative estimate of drug-likeness (QED) is 0.640. The molecule has 1 nitrogen and oxygen atoms in total. The van der Waals surface area contributed by atoms with E-state index in [2.05, 4.69) is 78.1 Å². The van der Waals surface area contributed by atoms with Crippen molar-refractivity contribution in [2.24, 2.45) is 0 Å². The lowest BCUT2D eigenvalue weighted by Gasteiger charge is -2.15. The fourth-order valence-electron chi connectivity index (χ4n) is 2.55. The zero-order valence-electron chi connectivity index (χ0n) is 11.5. The van der Waals surface area contributed by atoms with E-state index in [1.165, 1.54) is 28.3 Å². The van der Waals surface area contributed by atoms with Crippen LogP contribution in [0.3, 0.4) is 0 Å². The Balaban J connectivity index is 0.000000121. The molecule has 0 spiro atoms. The summed E-state index contributed by atoms with van der Waals surface area (Å²) in [5.74, 6) is 0. The van der Waals surface area contributed by atoms with Crippen LogP contribution in [0.2, 0.25) is 0 Å². The molecule has 0 amide bonds. The highest BCUT2D eigenvalue weighted by atomic mass is 14.9. The van der Waals surface area contributed by atoms with Crippen molar-refractivity contribution in [3.05, 3.63) is 83.9 Å². The molecule has 0 radical (unpaired) electrons. The minimum Gasteiger partial charge on any atom is -0.312 e.